The Morgan fingerprint density at radius 1 is 1.31 bits per heavy atom. The van der Waals surface area contributed by atoms with E-state index in [0.717, 1.165) is 29.6 Å². The van der Waals surface area contributed by atoms with Crippen molar-refractivity contribution in [3.8, 4) is 0 Å². The summed E-state index contributed by atoms with van der Waals surface area (Å²) in [5.41, 5.74) is 1.88. The Morgan fingerprint density at radius 2 is 2.19 bits per heavy atom. The first-order valence-electron chi connectivity index (χ1n) is 5.56. The first kappa shape index (κ1) is 9.60. The predicted octanol–water partition coefficient (Wildman–Crippen LogP) is 2.08. The summed E-state index contributed by atoms with van der Waals surface area (Å²) in [4.78, 5) is 11.9. The molecule has 2 aromatic rings. The zero-order chi connectivity index (χ0) is 11.0. The van der Waals surface area contributed by atoms with Crippen molar-refractivity contribution in [2.75, 3.05) is 13.1 Å². The van der Waals surface area contributed by atoms with E-state index in [1.165, 1.54) is 0 Å². The van der Waals surface area contributed by atoms with Crippen LogP contribution in [0.1, 0.15) is 17.9 Å². The Bertz CT molecular complexity index is 529. The van der Waals surface area contributed by atoms with Crippen LogP contribution in [0.15, 0.2) is 34.9 Å². The van der Waals surface area contributed by atoms with Crippen LogP contribution >= 0.6 is 0 Å². The van der Waals surface area contributed by atoms with Crippen LogP contribution in [0, 0.1) is 0 Å². The van der Waals surface area contributed by atoms with Crippen LogP contribution in [0.3, 0.4) is 0 Å². The second-order valence-corrected chi connectivity index (χ2v) is 4.16. The number of carbonyl (C=O) groups is 1. The number of para-hydroxylation sites is 1. The van der Waals surface area contributed by atoms with Crippen molar-refractivity contribution in [3.63, 3.8) is 0 Å². The van der Waals surface area contributed by atoms with E-state index >= 15 is 0 Å². The number of furan rings is 1. The van der Waals surface area contributed by atoms with Gasteiger partial charge < -0.3 is 9.73 Å². The van der Waals surface area contributed by atoms with Gasteiger partial charge in [-0.3, -0.25) is 4.79 Å². The Balaban J connectivity index is 2.08. The van der Waals surface area contributed by atoms with E-state index in [4.69, 9.17) is 4.42 Å². The molecule has 0 aliphatic carbocycles. The molecule has 16 heavy (non-hydrogen) atoms. The summed E-state index contributed by atoms with van der Waals surface area (Å²) in [5, 5.41) is 4.32. The Morgan fingerprint density at radius 3 is 3.06 bits per heavy atom. The van der Waals surface area contributed by atoms with E-state index in [1.54, 1.807) is 6.26 Å². The summed E-state index contributed by atoms with van der Waals surface area (Å²) in [6, 6.07) is 7.86. The molecule has 3 rings (SSSR count). The molecular formula is C13H13NO2. The molecule has 1 atom stereocenters. The molecule has 1 saturated heterocycles. The average Bonchev–Trinajstić information content (AvgIpc) is 2.74. The van der Waals surface area contributed by atoms with Gasteiger partial charge >= 0.3 is 0 Å². The lowest BCUT2D eigenvalue weighted by molar-refractivity contribution is -0.121. The average molecular weight is 215 g/mol. The highest BCUT2D eigenvalue weighted by atomic mass is 16.3. The third-order valence-electron chi connectivity index (χ3n) is 3.17. The second-order valence-electron chi connectivity index (χ2n) is 4.16. The molecule has 1 aromatic heterocycles. The maximum atomic E-state index is 11.9. The minimum Gasteiger partial charge on any atom is -0.464 e. The lowest BCUT2D eigenvalue weighted by Gasteiger charge is -2.20. The van der Waals surface area contributed by atoms with Crippen molar-refractivity contribution in [3.05, 3.63) is 36.1 Å². The molecule has 1 aromatic carbocycles. The van der Waals surface area contributed by atoms with Crippen molar-refractivity contribution in [2.45, 2.75) is 12.3 Å². The number of hydrogen-bond donors (Lipinski definition) is 1. The van der Waals surface area contributed by atoms with Gasteiger partial charge in [-0.25, -0.2) is 0 Å². The number of carbonyl (C=O) groups excluding carboxylic acids is 1. The summed E-state index contributed by atoms with van der Waals surface area (Å²) in [6.07, 6.45) is 2.34. The van der Waals surface area contributed by atoms with Crippen LogP contribution in [-0.2, 0) is 4.79 Å². The highest BCUT2D eigenvalue weighted by Crippen LogP contribution is 2.29. The molecule has 0 saturated carbocycles. The molecule has 2 heterocycles. The third kappa shape index (κ3) is 1.44. The summed E-state index contributed by atoms with van der Waals surface area (Å²) >= 11 is 0. The fourth-order valence-electron chi connectivity index (χ4n) is 2.30. The molecule has 1 aliphatic rings. The number of Topliss-reactive ketones (excluding diaryl/α,β-unsaturated/α-hetero) is 1. The second kappa shape index (κ2) is 3.76. The zero-order valence-electron chi connectivity index (χ0n) is 8.90. The van der Waals surface area contributed by atoms with Crippen molar-refractivity contribution >= 4 is 16.8 Å². The van der Waals surface area contributed by atoms with Crippen LogP contribution in [0.4, 0.5) is 0 Å². The molecule has 1 N–H and O–H groups in total. The largest absolute Gasteiger partial charge is 0.464 e. The smallest absolute Gasteiger partial charge is 0.143 e. The molecule has 0 spiro atoms. The number of fused-ring (bicyclic) bond motifs is 1. The van der Waals surface area contributed by atoms with Gasteiger partial charge in [0.1, 0.15) is 11.4 Å². The fourth-order valence-corrected chi connectivity index (χ4v) is 2.30. The Kier molecular flexibility index (Phi) is 2.26. The van der Waals surface area contributed by atoms with Crippen molar-refractivity contribution in [1.29, 1.82) is 0 Å². The van der Waals surface area contributed by atoms with Crippen LogP contribution in [-0.4, -0.2) is 18.9 Å². The van der Waals surface area contributed by atoms with Gasteiger partial charge in [-0.2, -0.15) is 0 Å². The Labute approximate surface area is 93.4 Å². The summed E-state index contributed by atoms with van der Waals surface area (Å²) in [5.74, 6) is 0.266. The van der Waals surface area contributed by atoms with Gasteiger partial charge in [0.25, 0.3) is 0 Å². The van der Waals surface area contributed by atoms with Crippen molar-refractivity contribution < 1.29 is 9.21 Å². The van der Waals surface area contributed by atoms with Crippen molar-refractivity contribution in [2.24, 2.45) is 0 Å². The van der Waals surface area contributed by atoms with Crippen LogP contribution in [0.25, 0.3) is 11.0 Å². The molecule has 82 valence electrons. The minimum atomic E-state index is -0.0441. The number of ketones is 1. The molecular weight excluding hydrogens is 202 g/mol. The predicted molar refractivity (Wildman–Crippen MR) is 61.4 cm³/mol. The Hall–Kier alpha value is -1.61. The molecule has 1 aliphatic heterocycles. The fraction of sp³-hybridized carbons (Fsp3) is 0.308. The van der Waals surface area contributed by atoms with E-state index in [-0.39, 0.29) is 5.92 Å². The van der Waals surface area contributed by atoms with Crippen LogP contribution in [0.5, 0.6) is 0 Å². The number of nitrogens with one attached hydrogen (secondary N) is 1. The lowest BCUT2D eigenvalue weighted by Crippen LogP contribution is -2.35. The van der Waals surface area contributed by atoms with E-state index in [0.29, 0.717) is 12.2 Å². The van der Waals surface area contributed by atoms with Crippen LogP contribution < -0.4 is 5.32 Å². The van der Waals surface area contributed by atoms with E-state index in [2.05, 4.69) is 5.32 Å². The third-order valence-corrected chi connectivity index (χ3v) is 3.17. The standard InChI is InChI=1S/C13H13NO2/c15-12-5-6-14-7-10(12)11-8-16-13-4-2-1-3-9(11)13/h1-4,8,10,14H,5-7H2. The highest BCUT2D eigenvalue weighted by molar-refractivity contribution is 5.92. The van der Waals surface area contributed by atoms with Gasteiger partial charge in [0.2, 0.25) is 0 Å². The van der Waals surface area contributed by atoms with Crippen LogP contribution in [0.2, 0.25) is 0 Å². The van der Waals surface area contributed by atoms with E-state index < -0.39 is 0 Å². The van der Waals surface area contributed by atoms with Gasteiger partial charge in [0, 0.05) is 30.5 Å². The zero-order valence-corrected chi connectivity index (χ0v) is 8.90. The first-order chi connectivity index (χ1) is 7.86. The first-order valence-corrected chi connectivity index (χ1v) is 5.56. The van der Waals surface area contributed by atoms with E-state index in [9.17, 15) is 4.79 Å². The number of rotatable bonds is 1. The molecule has 0 bridgehead atoms. The van der Waals surface area contributed by atoms with E-state index in [1.807, 2.05) is 24.3 Å². The van der Waals surface area contributed by atoms with Gasteiger partial charge in [-0.05, 0) is 6.07 Å². The minimum absolute atomic E-state index is 0.0441. The SMILES string of the molecule is O=C1CCNCC1c1coc2ccccc12. The molecule has 3 heteroatoms. The topological polar surface area (TPSA) is 42.2 Å². The van der Waals surface area contributed by atoms with Gasteiger partial charge in [-0.15, -0.1) is 0 Å². The monoisotopic (exact) mass is 215 g/mol. The number of benzene rings is 1. The van der Waals surface area contributed by atoms with Gasteiger partial charge in [-0.1, -0.05) is 18.2 Å². The summed E-state index contributed by atoms with van der Waals surface area (Å²) < 4.78 is 5.47. The molecule has 1 fully saturated rings. The summed E-state index contributed by atoms with van der Waals surface area (Å²) in [6.45, 7) is 1.52. The molecule has 3 nitrogen and oxygen atoms in total. The van der Waals surface area contributed by atoms with Crippen molar-refractivity contribution in [1.82, 2.24) is 5.32 Å². The maximum absolute atomic E-state index is 11.9. The number of hydrogen-bond acceptors (Lipinski definition) is 3. The molecule has 0 amide bonds. The summed E-state index contributed by atoms with van der Waals surface area (Å²) in [7, 11) is 0. The molecule has 1 unspecified atom stereocenters. The maximum Gasteiger partial charge on any atom is 0.143 e. The normalized spacial score (nSPS) is 21.5. The number of piperidine rings is 1. The van der Waals surface area contributed by atoms with Gasteiger partial charge in [0.05, 0.1) is 12.2 Å². The highest BCUT2D eigenvalue weighted by Gasteiger charge is 2.26. The lowest BCUT2D eigenvalue weighted by atomic mass is 9.90. The quantitative estimate of drug-likeness (QED) is 0.792. The van der Waals surface area contributed by atoms with Gasteiger partial charge in [0.15, 0.2) is 0 Å². The molecule has 0 radical (unpaired) electrons.